The van der Waals surface area contributed by atoms with Gasteiger partial charge in [-0.05, 0) is 61.6 Å². The van der Waals surface area contributed by atoms with Crippen LogP contribution in [0.1, 0.15) is 19.4 Å². The SMILES string of the molecule is CC1Cc2c(cccc2NC(=S)C(C)NSc2cccs2)NC(=S)O1. The van der Waals surface area contributed by atoms with E-state index in [1.807, 2.05) is 31.2 Å². The largest absolute Gasteiger partial charge is 0.467 e. The van der Waals surface area contributed by atoms with Gasteiger partial charge in [0.15, 0.2) is 0 Å². The highest BCUT2D eigenvalue weighted by Gasteiger charge is 2.20. The van der Waals surface area contributed by atoms with E-state index >= 15 is 0 Å². The summed E-state index contributed by atoms with van der Waals surface area (Å²) in [5.41, 5.74) is 3.09. The molecule has 2 heterocycles. The van der Waals surface area contributed by atoms with Crippen molar-refractivity contribution in [3.63, 3.8) is 0 Å². The third-order valence-electron chi connectivity index (χ3n) is 3.70. The van der Waals surface area contributed by atoms with Gasteiger partial charge in [0.25, 0.3) is 5.17 Å². The first kappa shape index (κ1) is 18.6. The van der Waals surface area contributed by atoms with E-state index in [9.17, 15) is 0 Å². The van der Waals surface area contributed by atoms with Gasteiger partial charge in [-0.2, -0.15) is 0 Å². The van der Waals surface area contributed by atoms with E-state index in [4.69, 9.17) is 29.2 Å². The van der Waals surface area contributed by atoms with Crippen molar-refractivity contribution in [3.05, 3.63) is 41.3 Å². The maximum Gasteiger partial charge on any atom is 0.261 e. The fourth-order valence-corrected chi connectivity index (χ4v) is 4.48. The van der Waals surface area contributed by atoms with Gasteiger partial charge in [-0.1, -0.05) is 24.4 Å². The average molecular weight is 410 g/mol. The topological polar surface area (TPSA) is 45.3 Å². The fraction of sp³-hybridized carbons (Fsp3) is 0.294. The van der Waals surface area contributed by atoms with Crippen molar-refractivity contribution in [3.8, 4) is 0 Å². The minimum absolute atomic E-state index is 0.0164. The third kappa shape index (κ3) is 4.92. The molecule has 2 aromatic rings. The number of fused-ring (bicyclic) bond motifs is 1. The van der Waals surface area contributed by atoms with Crippen molar-refractivity contribution >= 4 is 69.3 Å². The second kappa shape index (κ2) is 8.46. The highest BCUT2D eigenvalue weighted by molar-refractivity contribution is 7.99. The van der Waals surface area contributed by atoms with Crippen LogP contribution in [0.3, 0.4) is 0 Å². The van der Waals surface area contributed by atoms with Crippen LogP contribution in [0.5, 0.6) is 0 Å². The van der Waals surface area contributed by atoms with E-state index in [-0.39, 0.29) is 12.1 Å². The summed E-state index contributed by atoms with van der Waals surface area (Å²) in [6.45, 7) is 4.07. The average Bonchev–Trinajstić information content (AvgIpc) is 3.03. The maximum absolute atomic E-state index is 5.63. The molecule has 0 saturated heterocycles. The van der Waals surface area contributed by atoms with Gasteiger partial charge in [-0.25, -0.2) is 4.72 Å². The Bertz CT molecular complexity index is 763. The normalized spacial score (nSPS) is 17.7. The van der Waals surface area contributed by atoms with Crippen LogP contribution in [0.4, 0.5) is 11.4 Å². The van der Waals surface area contributed by atoms with Crippen LogP contribution in [0, 0.1) is 0 Å². The first-order valence-electron chi connectivity index (χ1n) is 7.89. The molecule has 3 rings (SSSR count). The second-order valence-electron chi connectivity index (χ2n) is 5.74. The molecular weight excluding hydrogens is 390 g/mol. The highest BCUT2D eigenvalue weighted by atomic mass is 32.2. The number of nitrogens with one attached hydrogen (secondary N) is 3. The summed E-state index contributed by atoms with van der Waals surface area (Å²) in [5.74, 6) is 0. The lowest BCUT2D eigenvalue weighted by atomic mass is 10.0. The third-order valence-corrected chi connectivity index (χ3v) is 6.36. The van der Waals surface area contributed by atoms with Gasteiger partial charge in [0.1, 0.15) is 6.10 Å². The Morgan fingerprint density at radius 2 is 2.24 bits per heavy atom. The van der Waals surface area contributed by atoms with Crippen LogP contribution in [0.15, 0.2) is 39.9 Å². The van der Waals surface area contributed by atoms with Gasteiger partial charge in [0, 0.05) is 23.4 Å². The zero-order chi connectivity index (χ0) is 17.8. The predicted octanol–water partition coefficient (Wildman–Crippen LogP) is 4.83. The van der Waals surface area contributed by atoms with Crippen molar-refractivity contribution in [1.82, 2.24) is 4.72 Å². The number of benzene rings is 1. The number of hydrogen-bond acceptors (Lipinski definition) is 6. The lowest BCUT2D eigenvalue weighted by Crippen LogP contribution is -2.33. The van der Waals surface area contributed by atoms with Crippen LogP contribution >= 0.6 is 47.7 Å². The number of thiocarbonyl (C=S) groups is 2. The van der Waals surface area contributed by atoms with Gasteiger partial charge < -0.3 is 15.4 Å². The first-order valence-corrected chi connectivity index (χ1v) is 10.4. The van der Waals surface area contributed by atoms with E-state index in [0.717, 1.165) is 28.3 Å². The minimum atomic E-state index is 0.0164. The molecule has 0 bridgehead atoms. The Kier molecular flexibility index (Phi) is 6.29. The highest BCUT2D eigenvalue weighted by Crippen LogP contribution is 2.29. The number of thiophene rings is 1. The standard InChI is InChI=1S/C17H19N3OS4/c1-10-9-12-13(5-3-6-14(12)19-17(23)21-10)18-16(22)11(2)20-25-15-7-4-8-24-15/h3-8,10-11,20H,9H2,1-2H3,(H,18,22)(H,19,23). The van der Waals surface area contributed by atoms with E-state index in [1.54, 1.807) is 23.3 Å². The molecule has 0 amide bonds. The Labute approximate surface area is 166 Å². The minimum Gasteiger partial charge on any atom is -0.467 e. The van der Waals surface area contributed by atoms with Crippen LogP contribution in [-0.4, -0.2) is 22.3 Å². The van der Waals surface area contributed by atoms with Crippen LogP contribution in [-0.2, 0) is 11.2 Å². The van der Waals surface area contributed by atoms with Gasteiger partial charge in [0.2, 0.25) is 0 Å². The van der Waals surface area contributed by atoms with Crippen LogP contribution in [0.2, 0.25) is 0 Å². The molecule has 8 heteroatoms. The van der Waals surface area contributed by atoms with Crippen molar-refractivity contribution in [2.45, 2.75) is 36.6 Å². The molecular formula is C17H19N3OS4. The van der Waals surface area contributed by atoms with Crippen molar-refractivity contribution in [2.75, 3.05) is 10.6 Å². The Balaban J connectivity index is 1.69. The lowest BCUT2D eigenvalue weighted by Gasteiger charge is -2.19. The van der Waals surface area contributed by atoms with E-state index in [0.29, 0.717) is 5.17 Å². The molecule has 132 valence electrons. The van der Waals surface area contributed by atoms with Gasteiger partial charge in [0.05, 0.1) is 15.2 Å². The molecule has 0 spiro atoms. The Hall–Kier alpha value is -1.19. The zero-order valence-corrected chi connectivity index (χ0v) is 17.1. The maximum atomic E-state index is 5.63. The van der Waals surface area contributed by atoms with E-state index in [2.05, 4.69) is 33.7 Å². The monoisotopic (exact) mass is 409 g/mol. The molecule has 0 radical (unpaired) electrons. The molecule has 0 saturated carbocycles. The number of anilines is 2. The summed E-state index contributed by atoms with van der Waals surface area (Å²) in [5, 5.41) is 9.00. The molecule has 2 unspecified atom stereocenters. The van der Waals surface area contributed by atoms with Gasteiger partial charge in [-0.15, -0.1) is 11.3 Å². The van der Waals surface area contributed by atoms with Crippen molar-refractivity contribution in [1.29, 1.82) is 0 Å². The molecule has 1 aliphatic rings. The van der Waals surface area contributed by atoms with Crippen LogP contribution < -0.4 is 15.4 Å². The van der Waals surface area contributed by atoms with Gasteiger partial charge in [-0.3, -0.25) is 0 Å². The Morgan fingerprint density at radius 1 is 1.40 bits per heavy atom. The fourth-order valence-electron chi connectivity index (χ4n) is 2.45. The van der Waals surface area contributed by atoms with Crippen molar-refractivity contribution < 1.29 is 4.74 Å². The quantitative estimate of drug-likeness (QED) is 0.483. The van der Waals surface area contributed by atoms with E-state index in [1.165, 1.54) is 4.21 Å². The number of hydrogen-bond donors (Lipinski definition) is 3. The second-order valence-corrected chi connectivity index (χ2v) is 8.64. The molecule has 1 aliphatic heterocycles. The van der Waals surface area contributed by atoms with E-state index < -0.39 is 0 Å². The van der Waals surface area contributed by atoms with Crippen LogP contribution in [0.25, 0.3) is 0 Å². The molecule has 1 aromatic heterocycles. The summed E-state index contributed by atoms with van der Waals surface area (Å²) in [6, 6.07) is 10.2. The molecule has 3 N–H and O–H groups in total. The number of ether oxygens (including phenoxy) is 1. The molecule has 4 nitrogen and oxygen atoms in total. The van der Waals surface area contributed by atoms with Gasteiger partial charge >= 0.3 is 0 Å². The smallest absolute Gasteiger partial charge is 0.261 e. The first-order chi connectivity index (χ1) is 12.0. The summed E-state index contributed by atoms with van der Waals surface area (Å²) in [4.78, 5) is 0.748. The Morgan fingerprint density at radius 3 is 3.00 bits per heavy atom. The molecule has 1 aromatic carbocycles. The molecule has 0 aliphatic carbocycles. The molecule has 0 fully saturated rings. The number of rotatable bonds is 5. The summed E-state index contributed by atoms with van der Waals surface area (Å²) in [7, 11) is 0. The summed E-state index contributed by atoms with van der Waals surface area (Å²) >= 11 is 14.1. The van der Waals surface area contributed by atoms with Crippen molar-refractivity contribution in [2.24, 2.45) is 0 Å². The molecule has 2 atom stereocenters. The summed E-state index contributed by atoms with van der Waals surface area (Å²) in [6.07, 6.45) is 0.780. The predicted molar refractivity (Wildman–Crippen MR) is 116 cm³/mol. The zero-order valence-electron chi connectivity index (χ0n) is 13.9. The summed E-state index contributed by atoms with van der Waals surface area (Å²) < 4.78 is 10.2. The molecule has 25 heavy (non-hydrogen) atoms. The lowest BCUT2D eigenvalue weighted by molar-refractivity contribution is 0.217.